The Morgan fingerprint density at radius 3 is 2.42 bits per heavy atom. The van der Waals surface area contributed by atoms with Crippen molar-refractivity contribution in [2.45, 2.75) is 20.8 Å². The molecule has 0 heterocycles. The molecule has 0 rings (SSSR count). The molecule has 0 aliphatic heterocycles. The summed E-state index contributed by atoms with van der Waals surface area (Å²) in [5.74, 6) is 0.227. The summed E-state index contributed by atoms with van der Waals surface area (Å²) >= 11 is 0. The van der Waals surface area contributed by atoms with E-state index in [1.807, 2.05) is 0 Å². The molecule has 0 amide bonds. The first kappa shape index (κ1) is 11.2. The smallest absolute Gasteiger partial charge is 0.120 e. The molecule has 0 saturated heterocycles. The van der Waals surface area contributed by atoms with Crippen molar-refractivity contribution in [3.63, 3.8) is 0 Å². The molecule has 0 radical (unpaired) electrons. The van der Waals surface area contributed by atoms with E-state index >= 15 is 0 Å². The SMILES string of the molecule is CC=C(OCCO)C(C)=C(C)F. The van der Waals surface area contributed by atoms with Gasteiger partial charge in [-0.2, -0.15) is 0 Å². The summed E-state index contributed by atoms with van der Waals surface area (Å²) in [4.78, 5) is 0. The maximum absolute atomic E-state index is 12.7. The van der Waals surface area contributed by atoms with Crippen LogP contribution in [0.2, 0.25) is 0 Å². The summed E-state index contributed by atoms with van der Waals surface area (Å²) in [6.45, 7) is 4.92. The molecule has 0 bridgehead atoms. The van der Waals surface area contributed by atoms with Gasteiger partial charge in [0.1, 0.15) is 18.2 Å². The van der Waals surface area contributed by atoms with E-state index < -0.39 is 0 Å². The Labute approximate surface area is 72.4 Å². The monoisotopic (exact) mass is 174 g/mol. The minimum Gasteiger partial charge on any atom is -0.491 e. The normalized spacial score (nSPS) is 14.2. The van der Waals surface area contributed by atoms with Gasteiger partial charge in [0.05, 0.1) is 6.61 Å². The third kappa shape index (κ3) is 3.53. The fourth-order valence-electron chi connectivity index (χ4n) is 0.733. The highest BCUT2D eigenvalue weighted by molar-refractivity contribution is 5.25. The molecule has 2 nitrogen and oxygen atoms in total. The molecule has 0 saturated carbocycles. The standard InChI is InChI=1S/C9H15FO2/c1-4-9(12-6-5-11)7(2)8(3)10/h4,11H,5-6H2,1-3H3. The van der Waals surface area contributed by atoms with Gasteiger partial charge in [0.2, 0.25) is 0 Å². The van der Waals surface area contributed by atoms with E-state index in [0.29, 0.717) is 11.3 Å². The fourth-order valence-corrected chi connectivity index (χ4v) is 0.733. The molecule has 1 N–H and O–H groups in total. The number of aliphatic hydroxyl groups is 1. The lowest BCUT2D eigenvalue weighted by atomic mass is 10.2. The van der Waals surface area contributed by atoms with Gasteiger partial charge in [0.25, 0.3) is 0 Å². The van der Waals surface area contributed by atoms with E-state index in [0.717, 1.165) is 0 Å². The second-order valence-electron chi connectivity index (χ2n) is 2.38. The molecule has 0 aromatic rings. The van der Waals surface area contributed by atoms with Gasteiger partial charge >= 0.3 is 0 Å². The van der Waals surface area contributed by atoms with Crippen LogP contribution in [0.25, 0.3) is 0 Å². The highest BCUT2D eigenvalue weighted by atomic mass is 19.1. The molecule has 3 heteroatoms. The van der Waals surface area contributed by atoms with Crippen molar-refractivity contribution >= 4 is 0 Å². The Bertz CT molecular complexity index is 191. The number of rotatable bonds is 4. The summed E-state index contributed by atoms with van der Waals surface area (Å²) in [5, 5.41) is 8.47. The molecule has 0 spiro atoms. The summed E-state index contributed by atoms with van der Waals surface area (Å²) in [5.41, 5.74) is 0.478. The summed E-state index contributed by atoms with van der Waals surface area (Å²) in [7, 11) is 0. The van der Waals surface area contributed by atoms with Crippen molar-refractivity contribution < 1.29 is 14.2 Å². The number of hydrogen-bond donors (Lipinski definition) is 1. The number of halogens is 1. The van der Waals surface area contributed by atoms with Gasteiger partial charge in [-0.3, -0.25) is 0 Å². The molecule has 0 aliphatic rings. The molecule has 0 unspecified atom stereocenters. The van der Waals surface area contributed by atoms with Crippen LogP contribution in [0.5, 0.6) is 0 Å². The largest absolute Gasteiger partial charge is 0.491 e. The van der Waals surface area contributed by atoms with E-state index in [1.54, 1.807) is 19.9 Å². The number of hydrogen-bond acceptors (Lipinski definition) is 2. The lowest BCUT2D eigenvalue weighted by Gasteiger charge is -2.09. The number of aliphatic hydroxyl groups excluding tert-OH is 1. The first-order chi connectivity index (χ1) is 5.63. The van der Waals surface area contributed by atoms with Gasteiger partial charge < -0.3 is 9.84 Å². The summed E-state index contributed by atoms with van der Waals surface area (Å²) in [6.07, 6.45) is 1.67. The predicted molar refractivity (Wildman–Crippen MR) is 46.3 cm³/mol. The third-order valence-corrected chi connectivity index (χ3v) is 1.50. The zero-order valence-electron chi connectivity index (χ0n) is 7.72. The fraction of sp³-hybridized carbons (Fsp3) is 0.556. The molecule has 0 aromatic carbocycles. The van der Waals surface area contributed by atoms with Gasteiger partial charge in [0, 0.05) is 5.57 Å². The molecule has 0 aromatic heterocycles. The van der Waals surface area contributed by atoms with Crippen molar-refractivity contribution in [1.82, 2.24) is 0 Å². The van der Waals surface area contributed by atoms with Crippen LogP contribution >= 0.6 is 0 Å². The minimum absolute atomic E-state index is 0.0596. The van der Waals surface area contributed by atoms with Crippen LogP contribution in [0.4, 0.5) is 4.39 Å². The Morgan fingerprint density at radius 2 is 2.08 bits per heavy atom. The van der Waals surface area contributed by atoms with Gasteiger partial charge in [-0.05, 0) is 26.8 Å². The van der Waals surface area contributed by atoms with Gasteiger partial charge in [-0.25, -0.2) is 4.39 Å². The van der Waals surface area contributed by atoms with Crippen LogP contribution in [0, 0.1) is 0 Å². The lowest BCUT2D eigenvalue weighted by Crippen LogP contribution is -2.00. The average molecular weight is 174 g/mol. The Morgan fingerprint density at radius 1 is 1.50 bits per heavy atom. The topological polar surface area (TPSA) is 29.5 Å². The van der Waals surface area contributed by atoms with Crippen LogP contribution in [0.15, 0.2) is 23.2 Å². The molecule has 0 aliphatic carbocycles. The minimum atomic E-state index is -0.263. The van der Waals surface area contributed by atoms with Crippen molar-refractivity contribution in [2.75, 3.05) is 13.2 Å². The Hall–Kier alpha value is -0.830. The van der Waals surface area contributed by atoms with Gasteiger partial charge in [-0.1, -0.05) is 0 Å². The second-order valence-corrected chi connectivity index (χ2v) is 2.38. The third-order valence-electron chi connectivity index (χ3n) is 1.50. The van der Waals surface area contributed by atoms with Crippen LogP contribution in [0.3, 0.4) is 0 Å². The van der Waals surface area contributed by atoms with Crippen molar-refractivity contribution in [3.05, 3.63) is 23.2 Å². The lowest BCUT2D eigenvalue weighted by molar-refractivity contribution is 0.148. The highest BCUT2D eigenvalue weighted by Crippen LogP contribution is 2.15. The first-order valence-electron chi connectivity index (χ1n) is 3.86. The Kier molecular flexibility index (Phi) is 5.37. The van der Waals surface area contributed by atoms with E-state index in [2.05, 4.69) is 0 Å². The molecule has 0 atom stereocenters. The number of allylic oxidation sites excluding steroid dienone is 3. The van der Waals surface area contributed by atoms with Gasteiger partial charge in [0.15, 0.2) is 0 Å². The quantitative estimate of drug-likeness (QED) is 0.522. The van der Waals surface area contributed by atoms with Crippen molar-refractivity contribution in [1.29, 1.82) is 0 Å². The van der Waals surface area contributed by atoms with E-state index in [-0.39, 0.29) is 19.0 Å². The number of ether oxygens (including phenoxy) is 1. The van der Waals surface area contributed by atoms with E-state index in [1.165, 1.54) is 6.92 Å². The van der Waals surface area contributed by atoms with Crippen LogP contribution in [-0.2, 0) is 4.74 Å². The first-order valence-corrected chi connectivity index (χ1v) is 3.86. The van der Waals surface area contributed by atoms with Gasteiger partial charge in [-0.15, -0.1) is 0 Å². The van der Waals surface area contributed by atoms with E-state index in [9.17, 15) is 4.39 Å². The Balaban J connectivity index is 4.28. The molecule has 0 fully saturated rings. The zero-order valence-corrected chi connectivity index (χ0v) is 7.72. The maximum atomic E-state index is 12.7. The van der Waals surface area contributed by atoms with Crippen LogP contribution in [0.1, 0.15) is 20.8 Å². The summed E-state index contributed by atoms with van der Waals surface area (Å²) in [6, 6.07) is 0. The molecule has 12 heavy (non-hydrogen) atoms. The van der Waals surface area contributed by atoms with Crippen molar-refractivity contribution in [2.24, 2.45) is 0 Å². The summed E-state index contributed by atoms with van der Waals surface area (Å²) < 4.78 is 17.7. The molecule has 70 valence electrons. The molecular formula is C9H15FO2. The predicted octanol–water partition coefficient (Wildman–Crippen LogP) is 2.16. The zero-order chi connectivity index (χ0) is 9.56. The van der Waals surface area contributed by atoms with Crippen molar-refractivity contribution in [3.8, 4) is 0 Å². The van der Waals surface area contributed by atoms with E-state index in [4.69, 9.17) is 9.84 Å². The van der Waals surface area contributed by atoms with Crippen LogP contribution < -0.4 is 0 Å². The molecular weight excluding hydrogens is 159 g/mol. The maximum Gasteiger partial charge on any atom is 0.120 e. The average Bonchev–Trinajstić information content (AvgIpc) is 2.05. The second kappa shape index (κ2) is 5.77. The van der Waals surface area contributed by atoms with Crippen LogP contribution in [-0.4, -0.2) is 18.3 Å². The highest BCUT2D eigenvalue weighted by Gasteiger charge is 2.03.